The van der Waals surface area contributed by atoms with Gasteiger partial charge in [-0.2, -0.15) is 0 Å². The highest BCUT2D eigenvalue weighted by Gasteiger charge is 2.29. The average Bonchev–Trinajstić information content (AvgIpc) is 3.15. The molecule has 53 heavy (non-hydrogen) atoms. The monoisotopic (exact) mass is 710 g/mol. The molecule has 1 saturated heterocycles. The number of Topliss-reactive ketones (excluding diaryl/α,β-unsaturated/α-hetero) is 1. The Bertz CT molecular complexity index is 2420. The SMILES string of the molecule is C[C@@H]1CN(Cc2ccc(-c3cccc(-n4c(=O)n(C5CCC(CC(=O)c6cc7ccccc7cn6)CC5)c(=O)c5cc(F)cnc54)c3)cc2)C[C@H](C)N1. The number of ketones is 1. The molecule has 1 aliphatic heterocycles. The van der Waals surface area contributed by atoms with E-state index in [-0.39, 0.29) is 22.7 Å². The summed E-state index contributed by atoms with van der Waals surface area (Å²) in [6, 6.07) is 27.4. The van der Waals surface area contributed by atoms with Crippen LogP contribution in [0, 0.1) is 11.7 Å². The van der Waals surface area contributed by atoms with E-state index >= 15 is 0 Å². The lowest BCUT2D eigenvalue weighted by molar-refractivity contribution is 0.0938. The highest BCUT2D eigenvalue weighted by Crippen LogP contribution is 2.34. The number of carbonyl (C=O) groups is 1. The molecular weight excluding hydrogens is 668 g/mol. The zero-order valence-corrected chi connectivity index (χ0v) is 30.0. The second-order valence-electron chi connectivity index (χ2n) is 14.9. The van der Waals surface area contributed by atoms with Gasteiger partial charge in [-0.25, -0.2) is 18.7 Å². The first-order valence-corrected chi connectivity index (χ1v) is 18.6. The van der Waals surface area contributed by atoms with Crippen molar-refractivity contribution in [1.82, 2.24) is 29.3 Å². The van der Waals surface area contributed by atoms with E-state index in [2.05, 4.69) is 58.3 Å². The Labute approximate surface area is 307 Å². The van der Waals surface area contributed by atoms with Crippen LogP contribution < -0.4 is 16.6 Å². The van der Waals surface area contributed by atoms with Crippen molar-refractivity contribution in [3.63, 3.8) is 0 Å². The molecule has 3 aromatic carbocycles. The fourth-order valence-electron chi connectivity index (χ4n) is 8.40. The molecule has 4 heterocycles. The summed E-state index contributed by atoms with van der Waals surface area (Å²) in [5.41, 5.74) is 3.19. The summed E-state index contributed by atoms with van der Waals surface area (Å²) in [5.74, 6) is -0.546. The van der Waals surface area contributed by atoms with Gasteiger partial charge in [0, 0.05) is 55.8 Å². The third-order valence-corrected chi connectivity index (χ3v) is 10.9. The molecule has 2 aliphatic rings. The van der Waals surface area contributed by atoms with Gasteiger partial charge in [0.25, 0.3) is 5.56 Å². The van der Waals surface area contributed by atoms with Crippen LogP contribution in [0.25, 0.3) is 38.6 Å². The number of nitrogens with zero attached hydrogens (tertiary/aromatic N) is 5. The van der Waals surface area contributed by atoms with Crippen molar-refractivity contribution in [2.24, 2.45) is 5.92 Å². The minimum atomic E-state index is -0.644. The highest BCUT2D eigenvalue weighted by atomic mass is 19.1. The van der Waals surface area contributed by atoms with E-state index in [1.807, 2.05) is 54.6 Å². The van der Waals surface area contributed by atoms with Gasteiger partial charge >= 0.3 is 5.69 Å². The van der Waals surface area contributed by atoms with E-state index in [4.69, 9.17) is 0 Å². The van der Waals surface area contributed by atoms with Crippen LogP contribution >= 0.6 is 0 Å². The first kappa shape index (κ1) is 34.7. The molecule has 0 bridgehead atoms. The van der Waals surface area contributed by atoms with Crippen molar-refractivity contribution >= 4 is 27.6 Å². The topological polar surface area (TPSA) is 102 Å². The fraction of sp³-hybridized carbons (Fsp3) is 0.326. The van der Waals surface area contributed by atoms with E-state index < -0.39 is 23.1 Å². The molecule has 2 atom stereocenters. The maximum Gasteiger partial charge on any atom is 0.337 e. The number of hydrogen-bond acceptors (Lipinski definition) is 7. The molecule has 0 amide bonds. The molecule has 6 aromatic rings. The molecule has 0 unspecified atom stereocenters. The van der Waals surface area contributed by atoms with Crippen LogP contribution in [0.15, 0.2) is 107 Å². The Kier molecular flexibility index (Phi) is 9.57. The van der Waals surface area contributed by atoms with Gasteiger partial charge in [0.15, 0.2) is 11.4 Å². The highest BCUT2D eigenvalue weighted by molar-refractivity contribution is 5.97. The lowest BCUT2D eigenvalue weighted by Crippen LogP contribution is -2.53. The summed E-state index contributed by atoms with van der Waals surface area (Å²) >= 11 is 0. The fourth-order valence-corrected chi connectivity index (χ4v) is 8.40. The van der Waals surface area contributed by atoms with Gasteiger partial charge in [0.05, 0.1) is 17.3 Å². The Morgan fingerprint density at radius 2 is 1.55 bits per heavy atom. The molecule has 10 heteroatoms. The van der Waals surface area contributed by atoms with Crippen LogP contribution in [0.2, 0.25) is 0 Å². The van der Waals surface area contributed by atoms with Crippen LogP contribution in [0.1, 0.15) is 68.0 Å². The molecule has 2 fully saturated rings. The number of piperazine rings is 1. The zero-order valence-electron chi connectivity index (χ0n) is 30.0. The van der Waals surface area contributed by atoms with Crippen LogP contribution in [-0.4, -0.2) is 55.0 Å². The first-order chi connectivity index (χ1) is 25.7. The summed E-state index contributed by atoms with van der Waals surface area (Å²) in [4.78, 5) is 52.7. The maximum absolute atomic E-state index is 14.6. The summed E-state index contributed by atoms with van der Waals surface area (Å²) < 4.78 is 17.3. The second kappa shape index (κ2) is 14.6. The zero-order chi connectivity index (χ0) is 36.6. The number of hydrogen-bond donors (Lipinski definition) is 1. The van der Waals surface area contributed by atoms with Crippen molar-refractivity contribution < 1.29 is 9.18 Å². The molecule has 1 N–H and O–H groups in total. The van der Waals surface area contributed by atoms with Gasteiger partial charge in [-0.1, -0.05) is 60.7 Å². The largest absolute Gasteiger partial charge is 0.337 e. The smallest absolute Gasteiger partial charge is 0.309 e. The quantitative estimate of drug-likeness (QED) is 0.168. The molecule has 1 saturated carbocycles. The number of aromatic nitrogens is 4. The number of nitrogens with one attached hydrogen (secondary N) is 1. The molecule has 1 aliphatic carbocycles. The van der Waals surface area contributed by atoms with E-state index in [9.17, 15) is 18.8 Å². The Hall–Kier alpha value is -5.32. The second-order valence-corrected chi connectivity index (χ2v) is 14.9. The van der Waals surface area contributed by atoms with E-state index in [1.165, 1.54) is 20.8 Å². The number of fused-ring (bicyclic) bond motifs is 2. The summed E-state index contributed by atoms with van der Waals surface area (Å²) in [5, 5.41) is 5.59. The maximum atomic E-state index is 14.6. The molecule has 9 nitrogen and oxygen atoms in total. The molecule has 0 spiro atoms. The molecule has 0 radical (unpaired) electrons. The number of carbonyl (C=O) groups excluding carboxylic acids is 1. The third-order valence-electron chi connectivity index (χ3n) is 10.9. The minimum Gasteiger partial charge on any atom is -0.309 e. The van der Waals surface area contributed by atoms with Crippen molar-refractivity contribution in [3.05, 3.63) is 135 Å². The molecule has 3 aromatic heterocycles. The van der Waals surface area contributed by atoms with E-state index in [1.54, 1.807) is 6.20 Å². The standard InChI is InChI=1S/C43H43FN6O3/c1-27-24-48(25-28(2)47-27)26-30-10-14-31(15-11-30)32-8-5-9-37(19-32)49-41-38(21-35(44)23-46-41)42(52)50(43(49)53)36-16-12-29(13-17-36)18-40(51)39-20-33-6-3-4-7-34(33)22-45-39/h3-11,14-15,19-23,27-29,36,47H,12-13,16-18,24-26H2,1-2H3/t27-,28+,29?,36?. The van der Waals surface area contributed by atoms with Gasteiger partial charge in [-0.15, -0.1) is 0 Å². The van der Waals surface area contributed by atoms with Crippen LogP contribution in [-0.2, 0) is 6.54 Å². The van der Waals surface area contributed by atoms with Crippen molar-refractivity contribution in [2.75, 3.05) is 13.1 Å². The summed E-state index contributed by atoms with van der Waals surface area (Å²) in [7, 11) is 0. The number of halogens is 1. The minimum absolute atomic E-state index is 0.00989. The lowest BCUT2D eigenvalue weighted by atomic mass is 9.82. The van der Waals surface area contributed by atoms with Gasteiger partial charge in [-0.3, -0.25) is 24.0 Å². The Balaban J connectivity index is 1.04. The van der Waals surface area contributed by atoms with Gasteiger partial charge < -0.3 is 5.32 Å². The third kappa shape index (κ3) is 7.21. The van der Waals surface area contributed by atoms with Crippen LogP contribution in [0.5, 0.6) is 0 Å². The summed E-state index contributed by atoms with van der Waals surface area (Å²) in [6.45, 7) is 7.31. The number of rotatable bonds is 8. The Morgan fingerprint density at radius 1 is 0.811 bits per heavy atom. The van der Waals surface area contributed by atoms with Crippen molar-refractivity contribution in [2.45, 2.75) is 70.6 Å². The van der Waals surface area contributed by atoms with E-state index in [0.717, 1.165) is 47.7 Å². The van der Waals surface area contributed by atoms with Crippen molar-refractivity contribution in [3.8, 4) is 16.8 Å². The molecule has 8 rings (SSSR count). The van der Waals surface area contributed by atoms with Gasteiger partial charge in [0.2, 0.25) is 0 Å². The number of benzene rings is 3. The van der Waals surface area contributed by atoms with Gasteiger partial charge in [0.1, 0.15) is 11.5 Å². The van der Waals surface area contributed by atoms with Crippen molar-refractivity contribution in [1.29, 1.82) is 0 Å². The Morgan fingerprint density at radius 3 is 2.30 bits per heavy atom. The predicted molar refractivity (Wildman–Crippen MR) is 206 cm³/mol. The average molecular weight is 711 g/mol. The predicted octanol–water partition coefficient (Wildman–Crippen LogP) is 7.09. The van der Waals surface area contributed by atoms with E-state index in [0.29, 0.717) is 55.6 Å². The van der Waals surface area contributed by atoms with Crippen LogP contribution in [0.3, 0.4) is 0 Å². The molecule has 270 valence electrons. The molecular formula is C43H43FN6O3. The normalized spacial score (nSPS) is 20.9. The van der Waals surface area contributed by atoms with Gasteiger partial charge in [-0.05, 0) is 91.8 Å². The number of pyridine rings is 2. The lowest BCUT2D eigenvalue weighted by Gasteiger charge is -2.36. The van der Waals surface area contributed by atoms with Crippen LogP contribution in [0.4, 0.5) is 4.39 Å². The summed E-state index contributed by atoms with van der Waals surface area (Å²) in [6.07, 6.45) is 5.56. The first-order valence-electron chi connectivity index (χ1n) is 18.6.